The average molecular weight is 461 g/mol. The van der Waals surface area contributed by atoms with Crippen LogP contribution in [-0.2, 0) is 10.0 Å². The number of carboxylic acids is 1. The van der Waals surface area contributed by atoms with Gasteiger partial charge in [0.05, 0.1) is 24.0 Å². The highest BCUT2D eigenvalue weighted by Crippen LogP contribution is 2.37. The van der Waals surface area contributed by atoms with Gasteiger partial charge >= 0.3 is 5.97 Å². The normalized spacial score (nSPS) is 16.2. The number of hydrogen-bond acceptors (Lipinski definition) is 5. The number of carboxylic acid groups (broad SMARTS) is 1. The molecule has 1 saturated heterocycles. The topological polar surface area (TPSA) is 95.9 Å². The summed E-state index contributed by atoms with van der Waals surface area (Å²) in [6.45, 7) is 0.0857. The number of ether oxygens (including phenoxy) is 1. The van der Waals surface area contributed by atoms with Gasteiger partial charge in [-0.15, -0.1) is 0 Å². The van der Waals surface area contributed by atoms with Crippen molar-refractivity contribution >= 4 is 39.0 Å². The molecule has 0 amide bonds. The summed E-state index contributed by atoms with van der Waals surface area (Å²) in [6.07, 6.45) is -0.702. The highest BCUT2D eigenvalue weighted by Gasteiger charge is 2.35. The number of aromatic carboxylic acids is 1. The number of hydrogen-bond donors (Lipinski definition) is 2. The molecule has 0 saturated carbocycles. The van der Waals surface area contributed by atoms with E-state index in [4.69, 9.17) is 16.3 Å². The van der Waals surface area contributed by atoms with E-state index in [9.17, 15) is 27.1 Å². The molecule has 1 fully saturated rings. The van der Waals surface area contributed by atoms with Crippen LogP contribution in [0.25, 0.3) is 0 Å². The van der Waals surface area contributed by atoms with Crippen molar-refractivity contribution in [3.05, 3.63) is 47.0 Å². The zero-order valence-corrected chi connectivity index (χ0v) is 17.4. The maximum Gasteiger partial charge on any atom is 0.335 e. The third-order valence-electron chi connectivity index (χ3n) is 4.74. The zero-order valence-electron chi connectivity index (χ0n) is 15.9. The van der Waals surface area contributed by atoms with Crippen LogP contribution < -0.4 is 14.4 Å². The Morgan fingerprint density at radius 3 is 2.47 bits per heavy atom. The van der Waals surface area contributed by atoms with E-state index in [1.54, 1.807) is 11.0 Å². The molecule has 2 N–H and O–H groups in total. The highest BCUT2D eigenvalue weighted by molar-refractivity contribution is 7.92. The summed E-state index contributed by atoms with van der Waals surface area (Å²) in [4.78, 5) is 12.5. The first-order valence-electron chi connectivity index (χ1n) is 8.89. The number of nitrogens with one attached hydrogen (secondary N) is 1. The van der Waals surface area contributed by atoms with Gasteiger partial charge in [0.2, 0.25) is 0 Å². The predicted octanol–water partition coefficient (Wildman–Crippen LogP) is 4.08. The van der Waals surface area contributed by atoms with Crippen LogP contribution in [0.2, 0.25) is 5.02 Å². The minimum atomic E-state index is -4.28. The Kier molecular flexibility index (Phi) is 6.09. The molecule has 1 heterocycles. The van der Waals surface area contributed by atoms with Crippen molar-refractivity contribution in [2.24, 2.45) is 0 Å². The van der Waals surface area contributed by atoms with Crippen LogP contribution in [0.3, 0.4) is 0 Å². The van der Waals surface area contributed by atoms with Crippen molar-refractivity contribution in [2.75, 3.05) is 29.8 Å². The van der Waals surface area contributed by atoms with Gasteiger partial charge in [-0.05, 0) is 36.4 Å². The molecule has 1 aliphatic rings. The van der Waals surface area contributed by atoms with Crippen LogP contribution in [-0.4, -0.2) is 45.6 Å². The number of methoxy groups -OCH3 is 1. The number of piperidine rings is 1. The van der Waals surface area contributed by atoms with Gasteiger partial charge in [-0.3, -0.25) is 4.72 Å². The number of nitrogens with zero attached hydrogens (tertiary/aromatic N) is 1. The second-order valence-corrected chi connectivity index (χ2v) is 8.87. The first kappa shape index (κ1) is 22.1. The average Bonchev–Trinajstić information content (AvgIpc) is 2.67. The summed E-state index contributed by atoms with van der Waals surface area (Å²) in [5.41, 5.74) is 0.253. The fourth-order valence-corrected chi connectivity index (χ4v) is 4.59. The van der Waals surface area contributed by atoms with Gasteiger partial charge < -0.3 is 14.7 Å². The summed E-state index contributed by atoms with van der Waals surface area (Å²) < 4.78 is 60.6. The number of rotatable bonds is 6. The molecule has 0 radical (unpaired) electrons. The van der Waals surface area contributed by atoms with Crippen molar-refractivity contribution < 1.29 is 31.8 Å². The Morgan fingerprint density at radius 2 is 1.87 bits per heavy atom. The Labute approximate surface area is 177 Å². The maximum absolute atomic E-state index is 13.5. The van der Waals surface area contributed by atoms with Crippen LogP contribution in [0.1, 0.15) is 23.2 Å². The van der Waals surface area contributed by atoms with E-state index in [0.29, 0.717) is 5.69 Å². The van der Waals surface area contributed by atoms with Crippen molar-refractivity contribution in [3.63, 3.8) is 0 Å². The molecular weight excluding hydrogens is 442 g/mol. The molecule has 30 heavy (non-hydrogen) atoms. The molecule has 3 rings (SSSR count). The van der Waals surface area contributed by atoms with E-state index in [1.165, 1.54) is 31.4 Å². The molecule has 0 aliphatic carbocycles. The Hall–Kier alpha value is -2.59. The summed E-state index contributed by atoms with van der Waals surface area (Å²) in [7, 11) is -3.03. The van der Waals surface area contributed by atoms with Crippen LogP contribution >= 0.6 is 11.6 Å². The van der Waals surface area contributed by atoms with Crippen molar-refractivity contribution in [1.29, 1.82) is 0 Å². The lowest BCUT2D eigenvalue weighted by Gasteiger charge is -2.34. The predicted molar refractivity (Wildman–Crippen MR) is 109 cm³/mol. The SMILES string of the molecule is COc1ccc(C(=O)O)cc1S(=O)(=O)Nc1cc(Cl)ccc1N1CCC(F)(F)CC1. The second-order valence-electron chi connectivity index (χ2n) is 6.78. The van der Waals surface area contributed by atoms with Crippen LogP contribution in [0.15, 0.2) is 41.3 Å². The lowest BCUT2D eigenvalue weighted by Crippen LogP contribution is -2.39. The number of carbonyl (C=O) groups is 1. The van der Waals surface area contributed by atoms with Crippen molar-refractivity contribution in [3.8, 4) is 5.75 Å². The number of benzene rings is 2. The molecule has 2 aromatic carbocycles. The Balaban J connectivity index is 1.99. The molecule has 0 spiro atoms. The van der Waals surface area contributed by atoms with E-state index < -0.39 is 21.9 Å². The summed E-state index contributed by atoms with van der Waals surface area (Å²) in [6, 6.07) is 7.90. The van der Waals surface area contributed by atoms with Gasteiger partial charge in [-0.2, -0.15) is 0 Å². The molecule has 7 nitrogen and oxygen atoms in total. The van der Waals surface area contributed by atoms with E-state index >= 15 is 0 Å². The van der Waals surface area contributed by atoms with Gasteiger partial charge in [-0.25, -0.2) is 22.0 Å². The van der Waals surface area contributed by atoms with Crippen LogP contribution in [0, 0.1) is 0 Å². The van der Waals surface area contributed by atoms with Gasteiger partial charge in [0.15, 0.2) is 0 Å². The number of alkyl halides is 2. The first-order valence-corrected chi connectivity index (χ1v) is 10.7. The largest absolute Gasteiger partial charge is 0.495 e. The van der Waals surface area contributed by atoms with E-state index in [2.05, 4.69) is 4.72 Å². The molecule has 0 unspecified atom stereocenters. The molecule has 1 aliphatic heterocycles. The molecule has 0 aromatic heterocycles. The van der Waals surface area contributed by atoms with E-state index in [0.717, 1.165) is 6.07 Å². The summed E-state index contributed by atoms with van der Waals surface area (Å²) >= 11 is 6.03. The third-order valence-corrected chi connectivity index (χ3v) is 6.36. The molecular formula is C19H19ClF2N2O5S. The van der Waals surface area contributed by atoms with Crippen LogP contribution in [0.5, 0.6) is 5.75 Å². The Morgan fingerprint density at radius 1 is 1.20 bits per heavy atom. The zero-order chi connectivity index (χ0) is 22.1. The number of anilines is 2. The maximum atomic E-state index is 13.5. The smallest absolute Gasteiger partial charge is 0.335 e. The fourth-order valence-electron chi connectivity index (χ4n) is 3.16. The quantitative estimate of drug-likeness (QED) is 0.674. The molecule has 162 valence electrons. The minimum Gasteiger partial charge on any atom is -0.495 e. The molecule has 2 aromatic rings. The monoisotopic (exact) mass is 460 g/mol. The molecule has 0 atom stereocenters. The van der Waals surface area contributed by atoms with E-state index in [1.807, 2.05) is 0 Å². The molecule has 11 heteroatoms. The van der Waals surface area contributed by atoms with Crippen LogP contribution in [0.4, 0.5) is 20.2 Å². The number of sulfonamides is 1. The standard InChI is InChI=1S/C19H19ClF2N2O5S/c1-29-16-5-2-12(18(25)26)10-17(16)30(27,28)23-14-11-13(20)3-4-15(14)24-8-6-19(21,22)7-9-24/h2-5,10-11,23H,6-9H2,1H3,(H,25,26). The van der Waals surface area contributed by atoms with Gasteiger partial charge in [0.25, 0.3) is 15.9 Å². The van der Waals surface area contributed by atoms with Gasteiger partial charge in [0, 0.05) is 31.0 Å². The number of halogens is 3. The summed E-state index contributed by atoms with van der Waals surface area (Å²) in [5, 5.41) is 9.42. The van der Waals surface area contributed by atoms with Crippen molar-refractivity contribution in [1.82, 2.24) is 0 Å². The lowest BCUT2D eigenvalue weighted by molar-refractivity contribution is -0.0220. The van der Waals surface area contributed by atoms with E-state index in [-0.39, 0.29) is 52.8 Å². The van der Waals surface area contributed by atoms with Crippen molar-refractivity contribution in [2.45, 2.75) is 23.7 Å². The van der Waals surface area contributed by atoms with Gasteiger partial charge in [0.1, 0.15) is 10.6 Å². The Bertz CT molecular complexity index is 1070. The highest BCUT2D eigenvalue weighted by atomic mass is 35.5. The second kappa shape index (κ2) is 8.27. The summed E-state index contributed by atoms with van der Waals surface area (Å²) in [5.74, 6) is -4.10. The fraction of sp³-hybridized carbons (Fsp3) is 0.316. The third kappa shape index (κ3) is 4.76. The lowest BCUT2D eigenvalue weighted by atomic mass is 10.1. The first-order chi connectivity index (χ1) is 14.0. The van der Waals surface area contributed by atoms with Gasteiger partial charge in [-0.1, -0.05) is 11.6 Å². The molecule has 0 bridgehead atoms. The minimum absolute atomic E-state index is 0.0428.